The minimum atomic E-state index is -3.55. The zero-order chi connectivity index (χ0) is 22.0. The molecule has 0 saturated carbocycles. The van der Waals surface area contributed by atoms with Gasteiger partial charge in [0, 0.05) is 33.6 Å². The third-order valence-corrected chi connectivity index (χ3v) is 8.64. The number of piperidine rings is 1. The Hall–Kier alpha value is -2.07. The lowest BCUT2D eigenvalue weighted by atomic mass is 10.1. The van der Waals surface area contributed by atoms with Crippen molar-refractivity contribution in [2.45, 2.75) is 37.1 Å². The smallest absolute Gasteiger partial charge is 0.257 e. The summed E-state index contributed by atoms with van der Waals surface area (Å²) in [6, 6.07) is 13.9. The zero-order valence-electron chi connectivity index (χ0n) is 16.9. The fourth-order valence-corrected chi connectivity index (χ4v) is 6.27. The van der Waals surface area contributed by atoms with Crippen molar-refractivity contribution in [1.82, 2.24) is 9.29 Å². The van der Waals surface area contributed by atoms with Crippen LogP contribution in [0.15, 0.2) is 63.3 Å². The summed E-state index contributed by atoms with van der Waals surface area (Å²) in [5.41, 5.74) is 2.12. The zero-order valence-corrected chi connectivity index (χ0v) is 20.1. The quantitative estimate of drug-likeness (QED) is 0.490. The van der Waals surface area contributed by atoms with Crippen molar-refractivity contribution in [3.8, 4) is 11.3 Å². The van der Waals surface area contributed by atoms with Gasteiger partial charge in [0.25, 0.3) is 5.91 Å². The van der Waals surface area contributed by atoms with Gasteiger partial charge >= 0.3 is 0 Å². The molecule has 1 amide bonds. The van der Waals surface area contributed by atoms with Crippen molar-refractivity contribution in [2.24, 2.45) is 0 Å². The number of hydrogen-bond acceptors (Lipinski definition) is 5. The van der Waals surface area contributed by atoms with E-state index in [-0.39, 0.29) is 16.8 Å². The van der Waals surface area contributed by atoms with Crippen molar-refractivity contribution >= 4 is 48.3 Å². The molecule has 2 heterocycles. The molecule has 0 bridgehead atoms. The Morgan fingerprint density at radius 1 is 1.13 bits per heavy atom. The van der Waals surface area contributed by atoms with Crippen molar-refractivity contribution in [1.29, 1.82) is 0 Å². The van der Waals surface area contributed by atoms with Gasteiger partial charge in [-0.05, 0) is 56.2 Å². The van der Waals surface area contributed by atoms with Gasteiger partial charge in [-0.2, -0.15) is 4.31 Å². The molecule has 31 heavy (non-hydrogen) atoms. The van der Waals surface area contributed by atoms with Gasteiger partial charge in [0.2, 0.25) is 10.0 Å². The lowest BCUT2D eigenvalue weighted by Crippen LogP contribution is -2.41. The third-order valence-electron chi connectivity index (χ3n) is 5.33. The Morgan fingerprint density at radius 2 is 1.84 bits per heavy atom. The Morgan fingerprint density at radius 3 is 2.52 bits per heavy atom. The van der Waals surface area contributed by atoms with Crippen molar-refractivity contribution < 1.29 is 13.2 Å². The fourth-order valence-electron chi connectivity index (χ4n) is 3.60. The van der Waals surface area contributed by atoms with Crippen LogP contribution in [0.4, 0.5) is 5.13 Å². The summed E-state index contributed by atoms with van der Waals surface area (Å²) in [6.07, 6.45) is 2.79. The van der Waals surface area contributed by atoms with E-state index in [9.17, 15) is 13.2 Å². The minimum absolute atomic E-state index is 0.00782. The van der Waals surface area contributed by atoms with Gasteiger partial charge < -0.3 is 0 Å². The highest BCUT2D eigenvalue weighted by Crippen LogP contribution is 2.27. The number of amides is 1. The standard InChI is InChI=1S/C22H22BrN3O3S2/c1-15-4-2-3-13-26(15)31(28,29)19-11-7-17(8-12-19)21(27)25-22-24-20(14-30-22)16-5-9-18(23)10-6-16/h5-12,14-15H,2-4,13H2,1H3,(H,24,25,27). The predicted octanol–water partition coefficient (Wildman–Crippen LogP) is 5.39. The molecule has 1 atom stereocenters. The number of nitrogens with zero attached hydrogens (tertiary/aromatic N) is 2. The van der Waals surface area contributed by atoms with Crippen LogP contribution in [-0.2, 0) is 10.0 Å². The first-order valence-electron chi connectivity index (χ1n) is 9.99. The van der Waals surface area contributed by atoms with E-state index < -0.39 is 10.0 Å². The Labute approximate surface area is 194 Å². The average molecular weight is 520 g/mol. The molecule has 1 saturated heterocycles. The molecular weight excluding hydrogens is 498 g/mol. The number of nitrogens with one attached hydrogen (secondary N) is 1. The average Bonchev–Trinajstić information content (AvgIpc) is 3.23. The molecule has 6 nitrogen and oxygen atoms in total. The maximum absolute atomic E-state index is 12.9. The highest BCUT2D eigenvalue weighted by molar-refractivity contribution is 9.10. The van der Waals surface area contributed by atoms with Crippen LogP contribution in [0, 0.1) is 0 Å². The molecule has 1 N–H and O–H groups in total. The van der Waals surface area contributed by atoms with E-state index in [1.165, 1.54) is 23.5 Å². The number of anilines is 1. The molecule has 0 aliphatic carbocycles. The van der Waals surface area contributed by atoms with Gasteiger partial charge in [-0.3, -0.25) is 10.1 Å². The Bertz CT molecular complexity index is 1180. The van der Waals surface area contributed by atoms with Crippen molar-refractivity contribution in [3.63, 3.8) is 0 Å². The Balaban J connectivity index is 1.46. The van der Waals surface area contributed by atoms with Crippen LogP contribution in [0.1, 0.15) is 36.5 Å². The number of aromatic nitrogens is 1. The number of benzene rings is 2. The van der Waals surface area contributed by atoms with Gasteiger partial charge in [0.05, 0.1) is 10.6 Å². The number of carbonyl (C=O) groups is 1. The molecular formula is C22H22BrN3O3S2. The number of rotatable bonds is 5. The summed E-state index contributed by atoms with van der Waals surface area (Å²) in [5, 5.41) is 5.16. The van der Waals surface area contributed by atoms with Crippen LogP contribution in [0.5, 0.6) is 0 Å². The summed E-state index contributed by atoms with van der Waals surface area (Å²) in [7, 11) is -3.55. The van der Waals surface area contributed by atoms with Crippen LogP contribution in [0.3, 0.4) is 0 Å². The van der Waals surface area contributed by atoms with Gasteiger partial charge in [-0.15, -0.1) is 11.3 Å². The molecule has 4 rings (SSSR count). The second-order valence-electron chi connectivity index (χ2n) is 7.48. The van der Waals surface area contributed by atoms with Gasteiger partial charge in [-0.1, -0.05) is 34.5 Å². The molecule has 1 aromatic heterocycles. The summed E-state index contributed by atoms with van der Waals surface area (Å²) >= 11 is 4.75. The monoisotopic (exact) mass is 519 g/mol. The predicted molar refractivity (Wildman–Crippen MR) is 127 cm³/mol. The van der Waals surface area contributed by atoms with Gasteiger partial charge in [0.1, 0.15) is 0 Å². The number of hydrogen-bond donors (Lipinski definition) is 1. The van der Waals surface area contributed by atoms with Gasteiger partial charge in [-0.25, -0.2) is 13.4 Å². The van der Waals surface area contributed by atoms with Crippen LogP contribution in [-0.4, -0.2) is 36.2 Å². The van der Waals surface area contributed by atoms with Crippen LogP contribution < -0.4 is 5.32 Å². The molecule has 0 spiro atoms. The van der Waals surface area contributed by atoms with E-state index in [1.807, 2.05) is 36.6 Å². The molecule has 3 aromatic rings. The summed E-state index contributed by atoms with van der Waals surface area (Å²) in [5.74, 6) is -0.327. The number of halogens is 1. The highest BCUT2D eigenvalue weighted by Gasteiger charge is 2.30. The Kier molecular flexibility index (Phi) is 6.57. The highest BCUT2D eigenvalue weighted by atomic mass is 79.9. The minimum Gasteiger partial charge on any atom is -0.298 e. The number of carbonyl (C=O) groups excluding carboxylic acids is 1. The maximum Gasteiger partial charge on any atom is 0.257 e. The van der Waals surface area contributed by atoms with Crippen LogP contribution >= 0.6 is 27.3 Å². The summed E-state index contributed by atoms with van der Waals surface area (Å²) in [4.78, 5) is 17.3. The lowest BCUT2D eigenvalue weighted by molar-refractivity contribution is 0.102. The van der Waals surface area contributed by atoms with Gasteiger partial charge in [0.15, 0.2) is 5.13 Å². The molecule has 162 valence electrons. The molecule has 1 fully saturated rings. The molecule has 0 radical (unpaired) electrons. The number of sulfonamides is 1. The first-order chi connectivity index (χ1) is 14.8. The first kappa shape index (κ1) is 22.1. The maximum atomic E-state index is 12.9. The first-order valence-corrected chi connectivity index (χ1v) is 13.1. The molecule has 1 aliphatic rings. The van der Waals surface area contributed by atoms with Crippen molar-refractivity contribution in [3.05, 3.63) is 63.9 Å². The molecule has 9 heteroatoms. The van der Waals surface area contributed by atoms with Crippen LogP contribution in [0.2, 0.25) is 0 Å². The third kappa shape index (κ3) is 4.90. The molecule has 1 aliphatic heterocycles. The van der Waals surface area contributed by atoms with E-state index in [4.69, 9.17) is 0 Å². The van der Waals surface area contributed by atoms with E-state index in [1.54, 1.807) is 16.4 Å². The van der Waals surface area contributed by atoms with Crippen molar-refractivity contribution in [2.75, 3.05) is 11.9 Å². The summed E-state index contributed by atoms with van der Waals surface area (Å²) < 4.78 is 28.4. The fraction of sp³-hybridized carbons (Fsp3) is 0.273. The van der Waals surface area contributed by atoms with Crippen LogP contribution in [0.25, 0.3) is 11.3 Å². The molecule has 2 aromatic carbocycles. The molecule has 1 unspecified atom stereocenters. The van der Waals surface area contributed by atoms with E-state index in [0.717, 1.165) is 35.0 Å². The summed E-state index contributed by atoms with van der Waals surface area (Å²) in [6.45, 7) is 2.48. The largest absolute Gasteiger partial charge is 0.298 e. The van der Waals surface area contributed by atoms with E-state index in [0.29, 0.717) is 17.2 Å². The normalized spacial score (nSPS) is 17.4. The second-order valence-corrected chi connectivity index (χ2v) is 11.1. The van der Waals surface area contributed by atoms with E-state index >= 15 is 0 Å². The number of thiazole rings is 1. The van der Waals surface area contributed by atoms with E-state index in [2.05, 4.69) is 26.2 Å². The lowest BCUT2D eigenvalue weighted by Gasteiger charge is -2.32. The SMILES string of the molecule is CC1CCCCN1S(=O)(=O)c1ccc(C(=O)Nc2nc(-c3ccc(Br)cc3)cs2)cc1. The second kappa shape index (κ2) is 9.20. The topological polar surface area (TPSA) is 79.4 Å².